The molecule has 1 aromatic carbocycles. The van der Waals surface area contributed by atoms with E-state index in [1.807, 2.05) is 0 Å². The predicted molar refractivity (Wildman–Crippen MR) is 63.9 cm³/mol. The van der Waals surface area contributed by atoms with E-state index in [4.69, 9.17) is 20.2 Å². The number of hydrogen-bond donors (Lipinski definition) is 0. The summed E-state index contributed by atoms with van der Waals surface area (Å²) < 4.78 is 46.5. The number of hydrogen-bond acceptors (Lipinski definition) is 4. The lowest BCUT2D eigenvalue weighted by Crippen LogP contribution is -2.26. The van der Waals surface area contributed by atoms with E-state index < -0.39 is 14.9 Å². The third-order valence-electron chi connectivity index (χ3n) is 2.63. The van der Waals surface area contributed by atoms with E-state index in [0.717, 1.165) is 12.1 Å². The van der Waals surface area contributed by atoms with Gasteiger partial charge in [0.1, 0.15) is 22.6 Å². The molecule has 1 aliphatic heterocycles. The number of benzene rings is 1. The van der Waals surface area contributed by atoms with Crippen LogP contribution in [0.25, 0.3) is 0 Å². The van der Waals surface area contributed by atoms with Crippen molar-refractivity contribution in [1.82, 2.24) is 0 Å². The fourth-order valence-electron chi connectivity index (χ4n) is 1.74. The summed E-state index contributed by atoms with van der Waals surface area (Å²) in [7, 11) is 1.22. The third-order valence-corrected chi connectivity index (χ3v) is 3.97. The Bertz CT molecular complexity index is 526. The molecule has 0 N–H and O–H groups in total. The second kappa shape index (κ2) is 5.42. The molecule has 0 saturated carbocycles. The van der Waals surface area contributed by atoms with E-state index in [2.05, 4.69) is 0 Å². The van der Waals surface area contributed by atoms with Gasteiger partial charge in [-0.05, 0) is 18.2 Å². The fourth-order valence-corrected chi connectivity index (χ4v) is 2.71. The normalized spacial score (nSPS) is 17.7. The third kappa shape index (κ3) is 3.34. The molecule has 1 heterocycles. The van der Waals surface area contributed by atoms with Gasteiger partial charge in [-0.2, -0.15) is 0 Å². The Balaban J connectivity index is 2.26. The van der Waals surface area contributed by atoms with Crippen LogP contribution in [-0.2, 0) is 13.8 Å². The molecule has 0 unspecified atom stereocenters. The highest BCUT2D eigenvalue weighted by Crippen LogP contribution is 2.29. The molecule has 0 atom stereocenters. The second-order valence-corrected chi connectivity index (χ2v) is 6.49. The quantitative estimate of drug-likeness (QED) is 0.803. The molecule has 100 valence electrons. The molecule has 0 bridgehead atoms. The SMILES string of the molecule is O=S(=O)(Cl)c1cc(F)ccc1OC1CCOCC1. The van der Waals surface area contributed by atoms with Crippen LogP contribution in [0.4, 0.5) is 4.39 Å². The van der Waals surface area contributed by atoms with E-state index in [-0.39, 0.29) is 16.7 Å². The molecule has 0 radical (unpaired) electrons. The van der Waals surface area contributed by atoms with Gasteiger partial charge < -0.3 is 9.47 Å². The van der Waals surface area contributed by atoms with E-state index in [9.17, 15) is 12.8 Å². The average molecular weight is 295 g/mol. The zero-order chi connectivity index (χ0) is 13.2. The molecule has 7 heteroatoms. The highest BCUT2D eigenvalue weighted by molar-refractivity contribution is 8.13. The van der Waals surface area contributed by atoms with Crippen LogP contribution < -0.4 is 4.74 Å². The van der Waals surface area contributed by atoms with E-state index >= 15 is 0 Å². The summed E-state index contributed by atoms with van der Waals surface area (Å²) >= 11 is 0. The van der Waals surface area contributed by atoms with Crippen LogP contribution in [0.15, 0.2) is 23.1 Å². The Kier molecular flexibility index (Phi) is 4.09. The molecule has 0 amide bonds. The molecular weight excluding hydrogens is 283 g/mol. The standard InChI is InChI=1S/C11H12ClFO4S/c12-18(14,15)11-7-8(13)1-2-10(11)17-9-3-5-16-6-4-9/h1-2,7,9H,3-6H2. The summed E-state index contributed by atoms with van der Waals surface area (Å²) in [5.41, 5.74) is 0. The summed E-state index contributed by atoms with van der Waals surface area (Å²) in [6, 6.07) is 3.28. The van der Waals surface area contributed by atoms with Crippen molar-refractivity contribution in [1.29, 1.82) is 0 Å². The molecule has 0 spiro atoms. The van der Waals surface area contributed by atoms with Gasteiger partial charge in [-0.25, -0.2) is 12.8 Å². The van der Waals surface area contributed by atoms with Crippen molar-refractivity contribution < 1.29 is 22.3 Å². The van der Waals surface area contributed by atoms with Gasteiger partial charge in [0.2, 0.25) is 0 Å². The monoisotopic (exact) mass is 294 g/mol. The largest absolute Gasteiger partial charge is 0.489 e. The molecule has 1 saturated heterocycles. The Morgan fingerprint density at radius 2 is 2.00 bits per heavy atom. The predicted octanol–water partition coefficient (Wildman–Crippen LogP) is 2.31. The first-order valence-electron chi connectivity index (χ1n) is 5.45. The fraction of sp³-hybridized carbons (Fsp3) is 0.455. The Labute approximate surface area is 109 Å². The summed E-state index contributed by atoms with van der Waals surface area (Å²) in [4.78, 5) is -0.337. The topological polar surface area (TPSA) is 52.6 Å². The maximum Gasteiger partial charge on any atom is 0.265 e. The van der Waals surface area contributed by atoms with Gasteiger partial charge in [-0.1, -0.05) is 0 Å². The lowest BCUT2D eigenvalue weighted by atomic mass is 10.1. The number of rotatable bonds is 3. The lowest BCUT2D eigenvalue weighted by Gasteiger charge is -2.24. The first-order chi connectivity index (χ1) is 8.47. The van der Waals surface area contributed by atoms with Crippen LogP contribution in [-0.4, -0.2) is 27.7 Å². The first kappa shape index (κ1) is 13.6. The van der Waals surface area contributed by atoms with Crippen LogP contribution in [0.2, 0.25) is 0 Å². The van der Waals surface area contributed by atoms with Crippen molar-refractivity contribution in [2.75, 3.05) is 13.2 Å². The zero-order valence-corrected chi connectivity index (χ0v) is 11.0. The minimum absolute atomic E-state index is 0.0818. The Morgan fingerprint density at radius 1 is 1.33 bits per heavy atom. The number of halogens is 2. The van der Waals surface area contributed by atoms with Crippen LogP contribution in [0.5, 0.6) is 5.75 Å². The molecule has 1 fully saturated rings. The van der Waals surface area contributed by atoms with E-state index in [0.29, 0.717) is 26.1 Å². The minimum atomic E-state index is -4.03. The Morgan fingerprint density at radius 3 is 2.61 bits per heavy atom. The van der Waals surface area contributed by atoms with Crippen molar-refractivity contribution in [2.45, 2.75) is 23.8 Å². The highest BCUT2D eigenvalue weighted by atomic mass is 35.7. The van der Waals surface area contributed by atoms with Gasteiger partial charge in [-0.3, -0.25) is 0 Å². The lowest BCUT2D eigenvalue weighted by molar-refractivity contribution is 0.0244. The van der Waals surface area contributed by atoms with Crippen molar-refractivity contribution >= 4 is 19.7 Å². The maximum absolute atomic E-state index is 13.1. The zero-order valence-electron chi connectivity index (χ0n) is 9.43. The molecule has 1 aliphatic rings. The van der Waals surface area contributed by atoms with Crippen molar-refractivity contribution in [3.63, 3.8) is 0 Å². The van der Waals surface area contributed by atoms with Gasteiger partial charge in [0.05, 0.1) is 13.2 Å². The van der Waals surface area contributed by atoms with Crippen LogP contribution in [0.1, 0.15) is 12.8 Å². The van der Waals surface area contributed by atoms with Gasteiger partial charge in [-0.15, -0.1) is 0 Å². The average Bonchev–Trinajstić information content (AvgIpc) is 2.31. The van der Waals surface area contributed by atoms with Crippen molar-refractivity contribution in [3.05, 3.63) is 24.0 Å². The second-order valence-electron chi connectivity index (χ2n) is 3.96. The van der Waals surface area contributed by atoms with Gasteiger partial charge in [0.25, 0.3) is 9.05 Å². The number of ether oxygens (including phenoxy) is 2. The maximum atomic E-state index is 13.1. The summed E-state index contributed by atoms with van der Waals surface area (Å²) in [5.74, 6) is -0.591. The molecule has 0 aliphatic carbocycles. The minimum Gasteiger partial charge on any atom is -0.489 e. The van der Waals surface area contributed by atoms with Gasteiger partial charge >= 0.3 is 0 Å². The van der Waals surface area contributed by atoms with Gasteiger partial charge in [0.15, 0.2) is 0 Å². The van der Waals surface area contributed by atoms with Crippen LogP contribution >= 0.6 is 10.7 Å². The summed E-state index contributed by atoms with van der Waals surface area (Å²) in [6.45, 7) is 1.13. The smallest absolute Gasteiger partial charge is 0.265 e. The summed E-state index contributed by atoms with van der Waals surface area (Å²) in [5, 5.41) is 0. The van der Waals surface area contributed by atoms with Crippen molar-refractivity contribution in [3.8, 4) is 5.75 Å². The highest BCUT2D eigenvalue weighted by Gasteiger charge is 2.22. The Hall–Kier alpha value is -0.850. The van der Waals surface area contributed by atoms with Gasteiger partial charge in [0, 0.05) is 23.5 Å². The molecule has 2 rings (SSSR count). The molecule has 1 aromatic rings. The van der Waals surface area contributed by atoms with Crippen molar-refractivity contribution in [2.24, 2.45) is 0 Å². The van der Waals surface area contributed by atoms with Crippen LogP contribution in [0, 0.1) is 5.82 Å². The molecule has 18 heavy (non-hydrogen) atoms. The van der Waals surface area contributed by atoms with Crippen LogP contribution in [0.3, 0.4) is 0 Å². The van der Waals surface area contributed by atoms with E-state index in [1.54, 1.807) is 0 Å². The molecule has 4 nitrogen and oxygen atoms in total. The van der Waals surface area contributed by atoms with E-state index in [1.165, 1.54) is 6.07 Å². The molecule has 0 aromatic heterocycles. The first-order valence-corrected chi connectivity index (χ1v) is 7.76. The summed E-state index contributed by atoms with van der Waals surface area (Å²) in [6.07, 6.45) is 1.19. The molecular formula is C11H12ClFO4S.